The van der Waals surface area contributed by atoms with Gasteiger partial charge in [0.25, 0.3) is 0 Å². The number of benzene rings is 2. The second-order valence-electron chi connectivity index (χ2n) is 7.78. The summed E-state index contributed by atoms with van der Waals surface area (Å²) in [5, 5.41) is 9.33. The van der Waals surface area contributed by atoms with Crippen LogP contribution in [0.2, 0.25) is 0 Å². The highest BCUT2D eigenvalue weighted by atomic mass is 19.1. The lowest BCUT2D eigenvalue weighted by molar-refractivity contribution is -0.121. The molecule has 0 radical (unpaired) electrons. The molecule has 0 aliphatic heterocycles. The third-order valence-electron chi connectivity index (χ3n) is 5.19. The SMILES string of the molecule is COc1cc(/C=C/C(=O)NCCNC(=O)Cc2ccc(F)cc2)ccc1OCc1c(C)noc1C. The number of hydrogen-bond acceptors (Lipinski definition) is 6. The Bertz CT molecular complexity index is 1170. The molecule has 0 fully saturated rings. The maximum Gasteiger partial charge on any atom is 0.244 e. The van der Waals surface area contributed by atoms with Crippen molar-refractivity contribution in [1.82, 2.24) is 15.8 Å². The first-order chi connectivity index (χ1) is 16.9. The predicted octanol–water partition coefficient (Wildman–Crippen LogP) is 3.51. The number of aryl methyl sites for hydroxylation is 2. The van der Waals surface area contributed by atoms with E-state index in [-0.39, 0.29) is 37.1 Å². The minimum atomic E-state index is -0.346. The van der Waals surface area contributed by atoms with Crippen LogP contribution in [-0.4, -0.2) is 37.2 Å². The van der Waals surface area contributed by atoms with Crippen molar-refractivity contribution in [2.75, 3.05) is 20.2 Å². The Morgan fingerprint density at radius 2 is 1.80 bits per heavy atom. The highest BCUT2D eigenvalue weighted by Gasteiger charge is 2.12. The summed E-state index contributed by atoms with van der Waals surface area (Å²) in [7, 11) is 1.54. The Labute approximate surface area is 203 Å². The number of rotatable bonds is 11. The number of carbonyl (C=O) groups is 2. The van der Waals surface area contributed by atoms with Crippen molar-refractivity contribution in [2.45, 2.75) is 26.9 Å². The van der Waals surface area contributed by atoms with Gasteiger partial charge in [-0.25, -0.2) is 4.39 Å². The molecule has 184 valence electrons. The summed E-state index contributed by atoms with van der Waals surface area (Å²) >= 11 is 0. The van der Waals surface area contributed by atoms with Crippen molar-refractivity contribution in [2.24, 2.45) is 0 Å². The number of carbonyl (C=O) groups excluding carboxylic acids is 2. The van der Waals surface area contributed by atoms with Gasteiger partial charge in [0.2, 0.25) is 11.8 Å². The second-order valence-corrected chi connectivity index (χ2v) is 7.78. The lowest BCUT2D eigenvalue weighted by atomic mass is 10.1. The minimum absolute atomic E-state index is 0.147. The van der Waals surface area contributed by atoms with Crippen LogP contribution in [-0.2, 0) is 22.6 Å². The van der Waals surface area contributed by atoms with Crippen LogP contribution in [0.4, 0.5) is 4.39 Å². The second kappa shape index (κ2) is 12.4. The molecule has 1 heterocycles. The first-order valence-electron chi connectivity index (χ1n) is 11.1. The maximum atomic E-state index is 12.9. The molecule has 35 heavy (non-hydrogen) atoms. The van der Waals surface area contributed by atoms with E-state index in [1.807, 2.05) is 19.9 Å². The van der Waals surface area contributed by atoms with Crippen LogP contribution in [0.25, 0.3) is 6.08 Å². The van der Waals surface area contributed by atoms with Gasteiger partial charge in [-0.3, -0.25) is 9.59 Å². The van der Waals surface area contributed by atoms with Gasteiger partial charge in [-0.1, -0.05) is 23.4 Å². The molecule has 0 saturated heterocycles. The molecular weight excluding hydrogens is 453 g/mol. The molecule has 2 aromatic carbocycles. The molecule has 3 aromatic rings. The van der Waals surface area contributed by atoms with Gasteiger partial charge in [0.05, 0.1) is 24.8 Å². The third kappa shape index (κ3) is 7.70. The summed E-state index contributed by atoms with van der Waals surface area (Å²) in [5.41, 5.74) is 3.14. The number of nitrogens with zero attached hydrogens (tertiary/aromatic N) is 1. The Morgan fingerprint density at radius 1 is 1.06 bits per heavy atom. The van der Waals surface area contributed by atoms with E-state index < -0.39 is 0 Å². The largest absolute Gasteiger partial charge is 0.493 e. The van der Waals surface area contributed by atoms with Gasteiger partial charge in [0.1, 0.15) is 18.2 Å². The highest BCUT2D eigenvalue weighted by Crippen LogP contribution is 2.30. The van der Waals surface area contributed by atoms with E-state index in [2.05, 4.69) is 15.8 Å². The topological polar surface area (TPSA) is 103 Å². The number of aromatic nitrogens is 1. The number of amides is 2. The minimum Gasteiger partial charge on any atom is -0.493 e. The monoisotopic (exact) mass is 481 g/mol. The molecule has 0 unspecified atom stereocenters. The Kier molecular flexibility index (Phi) is 9.00. The van der Waals surface area contributed by atoms with E-state index in [1.54, 1.807) is 37.5 Å². The standard InChI is InChI=1S/C26H28FN3O5/c1-17-22(18(2)35-30-17)16-34-23-10-6-19(14-24(23)33-3)7-11-25(31)28-12-13-29-26(32)15-20-4-8-21(27)9-5-20/h4-11,14H,12-13,15-16H2,1-3H3,(H,28,31)(H,29,32)/b11-7+. The maximum absolute atomic E-state index is 12.9. The van der Waals surface area contributed by atoms with E-state index in [9.17, 15) is 14.0 Å². The number of halogens is 1. The predicted molar refractivity (Wildman–Crippen MR) is 128 cm³/mol. The zero-order valence-corrected chi connectivity index (χ0v) is 19.9. The number of nitrogens with one attached hydrogen (secondary N) is 2. The van der Waals surface area contributed by atoms with E-state index in [4.69, 9.17) is 14.0 Å². The molecule has 8 nitrogen and oxygen atoms in total. The Morgan fingerprint density at radius 3 is 2.49 bits per heavy atom. The summed E-state index contributed by atoms with van der Waals surface area (Å²) in [6, 6.07) is 11.1. The van der Waals surface area contributed by atoms with E-state index in [0.29, 0.717) is 29.4 Å². The van der Waals surface area contributed by atoms with Crippen molar-refractivity contribution < 1.29 is 28.0 Å². The van der Waals surface area contributed by atoms with Crippen LogP contribution in [0.3, 0.4) is 0 Å². The summed E-state index contributed by atoms with van der Waals surface area (Å²) in [4.78, 5) is 24.0. The molecular formula is C26H28FN3O5. The first kappa shape index (κ1) is 25.5. The van der Waals surface area contributed by atoms with E-state index in [1.165, 1.54) is 18.2 Å². The van der Waals surface area contributed by atoms with Gasteiger partial charge < -0.3 is 24.6 Å². The molecule has 2 amide bonds. The van der Waals surface area contributed by atoms with Gasteiger partial charge >= 0.3 is 0 Å². The van der Waals surface area contributed by atoms with Gasteiger partial charge in [0, 0.05) is 19.2 Å². The summed E-state index contributed by atoms with van der Waals surface area (Å²) in [5.74, 6) is 0.953. The molecule has 0 saturated carbocycles. The van der Waals surface area contributed by atoms with Crippen LogP contribution in [0, 0.1) is 19.7 Å². The highest BCUT2D eigenvalue weighted by molar-refractivity contribution is 5.91. The molecule has 1 aromatic heterocycles. The molecule has 0 bridgehead atoms. The van der Waals surface area contributed by atoms with Crippen LogP contribution >= 0.6 is 0 Å². The quantitative estimate of drug-likeness (QED) is 0.321. The summed E-state index contributed by atoms with van der Waals surface area (Å²) < 4.78 is 29.3. The van der Waals surface area contributed by atoms with Crippen molar-refractivity contribution in [1.29, 1.82) is 0 Å². The number of ether oxygens (including phenoxy) is 2. The summed E-state index contributed by atoms with van der Waals surface area (Å²) in [6.45, 7) is 4.54. The van der Waals surface area contributed by atoms with Crippen LogP contribution in [0.1, 0.15) is 28.1 Å². The molecule has 0 aliphatic carbocycles. The smallest absolute Gasteiger partial charge is 0.244 e. The number of hydrogen-bond donors (Lipinski definition) is 2. The van der Waals surface area contributed by atoms with E-state index >= 15 is 0 Å². The average Bonchev–Trinajstić information content (AvgIpc) is 3.17. The zero-order valence-electron chi connectivity index (χ0n) is 19.9. The third-order valence-corrected chi connectivity index (χ3v) is 5.19. The van der Waals surface area contributed by atoms with Crippen LogP contribution in [0.15, 0.2) is 53.1 Å². The van der Waals surface area contributed by atoms with Gasteiger partial charge in [-0.05, 0) is 55.3 Å². The average molecular weight is 482 g/mol. The number of methoxy groups -OCH3 is 1. The fourth-order valence-corrected chi connectivity index (χ4v) is 3.23. The molecule has 3 rings (SSSR count). The van der Waals surface area contributed by atoms with Crippen LogP contribution < -0.4 is 20.1 Å². The fraction of sp³-hybridized carbons (Fsp3) is 0.269. The van der Waals surface area contributed by atoms with Crippen LogP contribution in [0.5, 0.6) is 11.5 Å². The van der Waals surface area contributed by atoms with Crippen molar-refractivity contribution >= 4 is 17.9 Å². The zero-order chi connectivity index (χ0) is 25.2. The fourth-order valence-electron chi connectivity index (χ4n) is 3.23. The molecule has 9 heteroatoms. The van der Waals surface area contributed by atoms with Crippen molar-refractivity contribution in [3.63, 3.8) is 0 Å². The van der Waals surface area contributed by atoms with Crippen molar-refractivity contribution in [3.05, 3.63) is 82.5 Å². The Balaban J connectivity index is 1.43. The van der Waals surface area contributed by atoms with Gasteiger partial charge in [-0.2, -0.15) is 0 Å². The van der Waals surface area contributed by atoms with E-state index in [0.717, 1.165) is 16.8 Å². The van der Waals surface area contributed by atoms with Crippen molar-refractivity contribution in [3.8, 4) is 11.5 Å². The summed E-state index contributed by atoms with van der Waals surface area (Å²) in [6.07, 6.45) is 3.20. The molecule has 0 atom stereocenters. The normalized spacial score (nSPS) is 10.9. The Hall–Kier alpha value is -4.14. The lowest BCUT2D eigenvalue weighted by Crippen LogP contribution is -2.34. The molecule has 2 N–H and O–H groups in total. The molecule has 0 aliphatic rings. The molecule has 0 spiro atoms. The first-order valence-corrected chi connectivity index (χ1v) is 11.1. The van der Waals surface area contributed by atoms with Gasteiger partial charge in [0.15, 0.2) is 11.5 Å². The van der Waals surface area contributed by atoms with Gasteiger partial charge in [-0.15, -0.1) is 0 Å². The lowest BCUT2D eigenvalue weighted by Gasteiger charge is -2.11.